The molecule has 9 heteroatoms. The van der Waals surface area contributed by atoms with Gasteiger partial charge in [-0.1, -0.05) is 12.1 Å². The van der Waals surface area contributed by atoms with Gasteiger partial charge in [-0.15, -0.1) is 4.83 Å². The highest BCUT2D eigenvalue weighted by Gasteiger charge is 2.13. The van der Waals surface area contributed by atoms with E-state index in [0.29, 0.717) is 5.56 Å². The molecule has 0 heterocycles. The Bertz CT molecular complexity index is 586. The first-order valence-electron chi connectivity index (χ1n) is 5.06. The van der Waals surface area contributed by atoms with E-state index in [2.05, 4.69) is 22.4 Å². The zero-order chi connectivity index (χ0) is 14.5. The first-order valence-corrected chi connectivity index (χ1v) is 7.12. The lowest BCUT2D eigenvalue weighted by molar-refractivity contribution is 0.0600. The predicted molar refractivity (Wildman–Crippen MR) is 73.5 cm³/mol. The fraction of sp³-hybridized carbons (Fsp3) is 0.200. The number of hydrogen-bond donors (Lipinski definition) is 3. The molecule has 0 aliphatic heterocycles. The van der Waals surface area contributed by atoms with E-state index < -0.39 is 16.0 Å². The maximum absolute atomic E-state index is 11.7. The van der Waals surface area contributed by atoms with Crippen molar-refractivity contribution >= 4 is 33.3 Å². The summed E-state index contributed by atoms with van der Waals surface area (Å²) in [6.07, 6.45) is 0. The minimum atomic E-state index is -3.66. The molecular formula is C10H13N3O4S2. The van der Waals surface area contributed by atoms with Gasteiger partial charge in [-0.05, 0) is 29.9 Å². The molecule has 0 fully saturated rings. The summed E-state index contributed by atoms with van der Waals surface area (Å²) >= 11 is 4.48. The highest BCUT2D eigenvalue weighted by Crippen LogP contribution is 2.09. The van der Waals surface area contributed by atoms with E-state index in [9.17, 15) is 13.2 Å². The second-order valence-electron chi connectivity index (χ2n) is 3.54. The molecule has 0 spiro atoms. The van der Waals surface area contributed by atoms with Crippen LogP contribution in [0.25, 0.3) is 0 Å². The van der Waals surface area contributed by atoms with Crippen LogP contribution in [0.5, 0.6) is 0 Å². The summed E-state index contributed by atoms with van der Waals surface area (Å²) in [5.41, 5.74) is 7.95. The molecular weight excluding hydrogens is 290 g/mol. The van der Waals surface area contributed by atoms with Crippen molar-refractivity contribution in [3.8, 4) is 0 Å². The van der Waals surface area contributed by atoms with Crippen LogP contribution in [-0.4, -0.2) is 26.6 Å². The molecule has 19 heavy (non-hydrogen) atoms. The number of carbonyl (C=O) groups is 1. The van der Waals surface area contributed by atoms with Crippen molar-refractivity contribution in [2.75, 3.05) is 7.11 Å². The monoisotopic (exact) mass is 303 g/mol. The Balaban J connectivity index is 2.82. The van der Waals surface area contributed by atoms with Crippen molar-refractivity contribution in [3.05, 3.63) is 35.4 Å². The smallest absolute Gasteiger partial charge is 0.337 e. The minimum absolute atomic E-state index is 0.188. The highest BCUT2D eigenvalue weighted by atomic mass is 32.2. The summed E-state index contributed by atoms with van der Waals surface area (Å²) in [6.45, 7) is 0. The molecule has 104 valence electrons. The van der Waals surface area contributed by atoms with Crippen molar-refractivity contribution in [2.45, 2.75) is 5.75 Å². The average Bonchev–Trinajstić information content (AvgIpc) is 2.35. The highest BCUT2D eigenvalue weighted by molar-refractivity contribution is 7.88. The van der Waals surface area contributed by atoms with Crippen LogP contribution in [0, 0.1) is 0 Å². The first kappa shape index (κ1) is 15.3. The standard InChI is InChI=1S/C10H13N3O4S2/c1-17-9(14)8-4-2-3-7(5-8)6-19(15,16)13-12-10(11)18/h2-5,13H,6H2,1H3,(H3,11,12,18). The number of nitrogens with one attached hydrogen (secondary N) is 2. The Labute approximate surface area is 116 Å². The number of thiocarbonyl (C=S) groups is 1. The van der Waals surface area contributed by atoms with Gasteiger partial charge in [0, 0.05) is 0 Å². The Kier molecular flexibility index (Phi) is 5.21. The molecule has 0 saturated carbocycles. The summed E-state index contributed by atoms with van der Waals surface area (Å²) in [5.74, 6) is -0.860. The zero-order valence-electron chi connectivity index (χ0n) is 10.0. The fourth-order valence-electron chi connectivity index (χ4n) is 1.29. The lowest BCUT2D eigenvalue weighted by Gasteiger charge is -2.08. The van der Waals surface area contributed by atoms with Crippen molar-refractivity contribution in [2.24, 2.45) is 5.73 Å². The Morgan fingerprint density at radius 3 is 2.74 bits per heavy atom. The van der Waals surface area contributed by atoms with E-state index in [-0.39, 0.29) is 16.4 Å². The molecule has 0 aliphatic rings. The molecule has 0 amide bonds. The Morgan fingerprint density at radius 2 is 2.16 bits per heavy atom. The van der Waals surface area contributed by atoms with Gasteiger partial charge in [0.1, 0.15) is 0 Å². The second-order valence-corrected chi connectivity index (χ2v) is 5.70. The molecule has 0 aromatic heterocycles. The van der Waals surface area contributed by atoms with E-state index >= 15 is 0 Å². The number of esters is 1. The van der Waals surface area contributed by atoms with Gasteiger partial charge < -0.3 is 10.5 Å². The van der Waals surface area contributed by atoms with E-state index in [1.807, 2.05) is 4.83 Å². The third kappa shape index (κ3) is 5.20. The van der Waals surface area contributed by atoms with Crippen molar-refractivity contribution < 1.29 is 17.9 Å². The van der Waals surface area contributed by atoms with Crippen LogP contribution in [0.15, 0.2) is 24.3 Å². The Morgan fingerprint density at radius 1 is 1.47 bits per heavy atom. The van der Waals surface area contributed by atoms with Gasteiger partial charge >= 0.3 is 5.97 Å². The number of methoxy groups -OCH3 is 1. The molecule has 7 nitrogen and oxygen atoms in total. The number of benzene rings is 1. The topological polar surface area (TPSA) is 111 Å². The number of rotatable bonds is 5. The third-order valence-corrected chi connectivity index (χ3v) is 3.26. The quantitative estimate of drug-likeness (QED) is 0.387. The van der Waals surface area contributed by atoms with E-state index in [0.717, 1.165) is 0 Å². The van der Waals surface area contributed by atoms with Crippen LogP contribution in [0.4, 0.5) is 0 Å². The molecule has 1 rings (SSSR count). The van der Waals surface area contributed by atoms with Crippen LogP contribution < -0.4 is 16.0 Å². The largest absolute Gasteiger partial charge is 0.465 e. The Hall–Kier alpha value is -1.71. The van der Waals surface area contributed by atoms with Crippen molar-refractivity contribution in [1.29, 1.82) is 0 Å². The minimum Gasteiger partial charge on any atom is -0.465 e. The van der Waals surface area contributed by atoms with Gasteiger partial charge in [0.05, 0.1) is 18.4 Å². The summed E-state index contributed by atoms with van der Waals surface area (Å²) in [5, 5.41) is -0.188. The van der Waals surface area contributed by atoms with Crippen LogP contribution in [0.1, 0.15) is 15.9 Å². The molecule has 0 saturated heterocycles. The zero-order valence-corrected chi connectivity index (χ0v) is 11.7. The van der Waals surface area contributed by atoms with Crippen molar-refractivity contribution in [1.82, 2.24) is 10.3 Å². The number of ether oxygens (including phenoxy) is 1. The molecule has 0 radical (unpaired) electrons. The summed E-state index contributed by atoms with van der Waals surface area (Å²) < 4.78 is 27.9. The van der Waals surface area contributed by atoms with Gasteiger partial charge in [-0.2, -0.15) is 0 Å². The molecule has 0 bridgehead atoms. The molecule has 1 aromatic carbocycles. The number of hydrazine groups is 1. The van der Waals surface area contributed by atoms with E-state index in [1.165, 1.54) is 19.2 Å². The molecule has 4 N–H and O–H groups in total. The second kappa shape index (κ2) is 6.45. The van der Waals surface area contributed by atoms with Crippen LogP contribution in [0.2, 0.25) is 0 Å². The molecule has 0 unspecified atom stereocenters. The molecule has 1 aromatic rings. The normalized spacial score (nSPS) is 10.8. The van der Waals surface area contributed by atoms with Gasteiger partial charge in [0.25, 0.3) is 0 Å². The summed E-state index contributed by atoms with van der Waals surface area (Å²) in [6, 6.07) is 6.11. The van der Waals surface area contributed by atoms with Crippen LogP contribution in [-0.2, 0) is 20.5 Å². The maximum atomic E-state index is 11.7. The van der Waals surface area contributed by atoms with Gasteiger partial charge in [0.2, 0.25) is 10.0 Å². The number of carbonyl (C=O) groups excluding carboxylic acids is 1. The number of sulfonamides is 1. The summed E-state index contributed by atoms with van der Waals surface area (Å²) in [4.78, 5) is 13.3. The van der Waals surface area contributed by atoms with Crippen LogP contribution >= 0.6 is 12.2 Å². The lowest BCUT2D eigenvalue weighted by Crippen LogP contribution is -2.44. The van der Waals surface area contributed by atoms with Gasteiger partial charge in [-0.25, -0.2) is 13.2 Å². The first-order chi connectivity index (χ1) is 8.84. The predicted octanol–water partition coefficient (Wildman–Crippen LogP) is -0.359. The third-order valence-electron chi connectivity index (χ3n) is 2.03. The average molecular weight is 303 g/mol. The number of hydrogen-bond acceptors (Lipinski definition) is 5. The van der Waals surface area contributed by atoms with Gasteiger partial charge in [0.15, 0.2) is 5.11 Å². The molecule has 0 atom stereocenters. The van der Waals surface area contributed by atoms with Crippen molar-refractivity contribution in [3.63, 3.8) is 0 Å². The van der Waals surface area contributed by atoms with Crippen LogP contribution in [0.3, 0.4) is 0 Å². The van der Waals surface area contributed by atoms with E-state index in [1.54, 1.807) is 12.1 Å². The van der Waals surface area contributed by atoms with Gasteiger partial charge in [-0.3, -0.25) is 5.43 Å². The summed E-state index contributed by atoms with van der Waals surface area (Å²) in [7, 11) is -2.41. The van der Waals surface area contributed by atoms with E-state index in [4.69, 9.17) is 5.73 Å². The fourth-order valence-corrected chi connectivity index (χ4v) is 2.36. The number of nitrogens with two attached hydrogens (primary N) is 1. The molecule has 0 aliphatic carbocycles. The SMILES string of the molecule is COC(=O)c1cccc(CS(=O)(=O)NNC(N)=S)c1. The lowest BCUT2D eigenvalue weighted by atomic mass is 10.1. The maximum Gasteiger partial charge on any atom is 0.337 e.